The molecule has 0 aliphatic rings. The number of carboxylic acids is 1. The Kier molecular flexibility index (Phi) is 17.4. The van der Waals surface area contributed by atoms with Gasteiger partial charge in [0.1, 0.15) is 0 Å². The summed E-state index contributed by atoms with van der Waals surface area (Å²) >= 11 is 2.46. The standard InChI is InChI=1S/C17H33IO2/c18-16-14-12-10-8-6-4-2-1-3-5-7-9-11-13-15-17(19)20/h1-16H2,(H,19,20)/i18-4. The van der Waals surface area contributed by atoms with E-state index < -0.39 is 5.97 Å². The van der Waals surface area contributed by atoms with Crippen LogP contribution in [-0.4, -0.2) is 15.5 Å². The highest BCUT2D eigenvalue weighted by Crippen LogP contribution is 2.13. The Morgan fingerprint density at radius 1 is 0.600 bits per heavy atom. The molecule has 20 heavy (non-hydrogen) atoms. The number of hydrogen-bond donors (Lipinski definition) is 1. The number of hydrogen-bond acceptors (Lipinski definition) is 1. The summed E-state index contributed by atoms with van der Waals surface area (Å²) in [7, 11) is 0. The molecule has 0 atom stereocenters. The van der Waals surface area contributed by atoms with E-state index in [1.54, 1.807) is 0 Å². The molecule has 1 N–H and O–H groups in total. The lowest BCUT2D eigenvalue weighted by atomic mass is 10.0. The van der Waals surface area contributed by atoms with Crippen LogP contribution in [0.25, 0.3) is 0 Å². The van der Waals surface area contributed by atoms with Gasteiger partial charge in [-0.1, -0.05) is 99.6 Å². The van der Waals surface area contributed by atoms with Gasteiger partial charge in [0.2, 0.25) is 0 Å². The van der Waals surface area contributed by atoms with Crippen LogP contribution in [-0.2, 0) is 4.79 Å². The summed E-state index contributed by atoms with van der Waals surface area (Å²) < 4.78 is 1.31. The molecule has 3 heteroatoms. The number of halogens is 1. The molecule has 0 aliphatic heterocycles. The predicted molar refractivity (Wildman–Crippen MR) is 95.8 cm³/mol. The van der Waals surface area contributed by atoms with Gasteiger partial charge in [0, 0.05) is 6.42 Å². The van der Waals surface area contributed by atoms with Crippen molar-refractivity contribution in [3.63, 3.8) is 0 Å². The van der Waals surface area contributed by atoms with Crippen molar-refractivity contribution < 1.29 is 9.90 Å². The van der Waals surface area contributed by atoms with Gasteiger partial charge in [-0.05, 0) is 17.3 Å². The maximum atomic E-state index is 10.3. The van der Waals surface area contributed by atoms with Crippen molar-refractivity contribution in [1.29, 1.82) is 0 Å². The zero-order valence-corrected chi connectivity index (χ0v) is 15.2. The third kappa shape index (κ3) is 18.2. The predicted octanol–water partition coefficient (Wildman–Crippen LogP) is 6.36. The van der Waals surface area contributed by atoms with Crippen molar-refractivity contribution >= 4 is 28.6 Å². The van der Waals surface area contributed by atoms with Gasteiger partial charge < -0.3 is 5.11 Å². The Bertz CT molecular complexity index is 207. The van der Waals surface area contributed by atoms with Gasteiger partial charge in [0.05, 0.1) is 0 Å². The number of unbranched alkanes of at least 4 members (excludes halogenated alkanes) is 13. The highest BCUT2D eigenvalue weighted by molar-refractivity contribution is 14.1. The van der Waals surface area contributed by atoms with E-state index in [4.69, 9.17) is 5.11 Å². The Hall–Kier alpha value is 0.200. The lowest BCUT2D eigenvalue weighted by molar-refractivity contribution is -0.137. The van der Waals surface area contributed by atoms with E-state index in [1.165, 1.54) is 81.5 Å². The molecule has 0 aromatic rings. The summed E-state index contributed by atoms with van der Waals surface area (Å²) in [5.74, 6) is -0.653. The molecule has 120 valence electrons. The second-order valence-electron chi connectivity index (χ2n) is 5.78. The van der Waals surface area contributed by atoms with Crippen molar-refractivity contribution in [1.82, 2.24) is 0 Å². The fraction of sp³-hybridized carbons (Fsp3) is 0.941. The topological polar surface area (TPSA) is 37.3 Å². The highest BCUT2D eigenvalue weighted by atomic mass is 123. The van der Waals surface area contributed by atoms with Crippen molar-refractivity contribution in [2.45, 2.75) is 96.3 Å². The molecule has 0 bridgehead atoms. The SMILES string of the molecule is O=C(O)CCCCCCCCCCCCCCCC[123I]. The first-order valence-corrected chi connectivity index (χ1v) is 10.1. The average Bonchev–Trinajstić information content (AvgIpc) is 2.43. The van der Waals surface area contributed by atoms with Crippen LogP contribution in [0, 0.1) is 0 Å². The first-order chi connectivity index (χ1) is 9.77. The van der Waals surface area contributed by atoms with E-state index in [-0.39, 0.29) is 0 Å². The van der Waals surface area contributed by atoms with Crippen molar-refractivity contribution in [2.75, 3.05) is 4.43 Å². The smallest absolute Gasteiger partial charge is 0.303 e. The van der Waals surface area contributed by atoms with Crippen molar-refractivity contribution in [3.05, 3.63) is 0 Å². The molecule has 0 amide bonds. The Labute approximate surface area is 139 Å². The molecule has 0 radical (unpaired) electrons. The van der Waals surface area contributed by atoms with E-state index in [0.717, 1.165) is 12.8 Å². The molecule has 0 aromatic heterocycles. The van der Waals surface area contributed by atoms with Crippen LogP contribution < -0.4 is 0 Å². The number of aliphatic carboxylic acids is 1. The van der Waals surface area contributed by atoms with E-state index in [2.05, 4.69) is 22.6 Å². The lowest BCUT2D eigenvalue weighted by Crippen LogP contribution is -1.93. The van der Waals surface area contributed by atoms with Crippen LogP contribution >= 0.6 is 22.6 Å². The average molecular weight is 392 g/mol. The number of alkyl halides is 1. The molecule has 0 aliphatic carbocycles. The second-order valence-corrected chi connectivity index (χ2v) is 6.86. The third-order valence-corrected chi connectivity index (χ3v) is 4.54. The van der Waals surface area contributed by atoms with Crippen LogP contribution in [0.4, 0.5) is 0 Å². The summed E-state index contributed by atoms with van der Waals surface area (Å²) in [5.41, 5.74) is 0. The normalized spacial score (nSPS) is 10.8. The van der Waals surface area contributed by atoms with Crippen LogP contribution in [0.3, 0.4) is 0 Å². The molecule has 0 spiro atoms. The van der Waals surface area contributed by atoms with Gasteiger partial charge in [0.15, 0.2) is 0 Å². The Morgan fingerprint density at radius 3 is 1.20 bits per heavy atom. The molecule has 0 fully saturated rings. The Balaban J connectivity index is 2.94. The summed E-state index contributed by atoms with van der Waals surface area (Å²) in [6.07, 6.45) is 18.8. The molecule has 0 aromatic carbocycles. The number of rotatable bonds is 16. The van der Waals surface area contributed by atoms with E-state index >= 15 is 0 Å². The molecule has 0 saturated heterocycles. The van der Waals surface area contributed by atoms with E-state index in [9.17, 15) is 4.79 Å². The third-order valence-electron chi connectivity index (χ3n) is 3.77. The monoisotopic (exact) mass is 392 g/mol. The van der Waals surface area contributed by atoms with Gasteiger partial charge in [-0.25, -0.2) is 0 Å². The molecule has 0 saturated carbocycles. The van der Waals surface area contributed by atoms with Gasteiger partial charge in [-0.15, -0.1) is 0 Å². The van der Waals surface area contributed by atoms with E-state index in [1.807, 2.05) is 0 Å². The first-order valence-electron chi connectivity index (χ1n) is 8.55. The summed E-state index contributed by atoms with van der Waals surface area (Å²) in [6, 6.07) is 0. The van der Waals surface area contributed by atoms with Crippen molar-refractivity contribution in [2.24, 2.45) is 0 Å². The van der Waals surface area contributed by atoms with E-state index in [0.29, 0.717) is 6.42 Å². The zero-order valence-electron chi connectivity index (χ0n) is 13.0. The number of carbonyl (C=O) groups is 1. The molecule has 0 rings (SSSR count). The minimum absolute atomic E-state index is 0.345. The quantitative estimate of drug-likeness (QED) is 0.189. The summed E-state index contributed by atoms with van der Waals surface area (Å²) in [6.45, 7) is 0. The maximum absolute atomic E-state index is 10.3. The van der Waals surface area contributed by atoms with Crippen LogP contribution in [0.2, 0.25) is 0 Å². The van der Waals surface area contributed by atoms with Crippen LogP contribution in [0.15, 0.2) is 0 Å². The molecule has 2 nitrogen and oxygen atoms in total. The summed E-state index contributed by atoms with van der Waals surface area (Å²) in [5, 5.41) is 8.52. The zero-order chi connectivity index (χ0) is 14.9. The molecule has 0 heterocycles. The minimum atomic E-state index is -0.653. The van der Waals surface area contributed by atoms with Crippen LogP contribution in [0.1, 0.15) is 96.3 Å². The largest absolute Gasteiger partial charge is 0.481 e. The van der Waals surface area contributed by atoms with Gasteiger partial charge in [-0.3, -0.25) is 4.79 Å². The fourth-order valence-corrected chi connectivity index (χ4v) is 3.03. The number of carboxylic acid groups (broad SMARTS) is 1. The second kappa shape index (κ2) is 17.3. The first kappa shape index (κ1) is 20.2. The molecular weight excluding hydrogens is 359 g/mol. The summed E-state index contributed by atoms with van der Waals surface area (Å²) in [4.78, 5) is 10.3. The maximum Gasteiger partial charge on any atom is 0.303 e. The molecule has 0 unspecified atom stereocenters. The minimum Gasteiger partial charge on any atom is -0.481 e. The van der Waals surface area contributed by atoms with Gasteiger partial charge in [-0.2, -0.15) is 0 Å². The van der Waals surface area contributed by atoms with Crippen LogP contribution in [0.5, 0.6) is 0 Å². The fourth-order valence-electron chi connectivity index (χ4n) is 2.49. The Morgan fingerprint density at radius 2 is 0.900 bits per heavy atom. The van der Waals surface area contributed by atoms with Gasteiger partial charge in [0.25, 0.3) is 0 Å². The lowest BCUT2D eigenvalue weighted by Gasteiger charge is -2.03. The highest BCUT2D eigenvalue weighted by Gasteiger charge is 1.97. The van der Waals surface area contributed by atoms with Crippen molar-refractivity contribution in [3.8, 4) is 0 Å². The van der Waals surface area contributed by atoms with Gasteiger partial charge >= 0.3 is 5.97 Å². The molecular formula is C17H33IO2.